The normalized spacial score (nSPS) is 10.4. The largest absolute Gasteiger partial charge is 0.466 e. The van der Waals surface area contributed by atoms with Crippen LogP contribution in [0, 0.1) is 20.8 Å². The molecule has 2 heterocycles. The Morgan fingerprint density at radius 3 is 2.62 bits per heavy atom. The second-order valence-electron chi connectivity index (χ2n) is 3.98. The van der Waals surface area contributed by atoms with E-state index < -0.39 is 0 Å². The molecule has 0 atom stereocenters. The fourth-order valence-electron chi connectivity index (χ4n) is 1.63. The molecule has 0 amide bonds. The van der Waals surface area contributed by atoms with E-state index in [0.29, 0.717) is 0 Å². The fraction of sp³-hybridized carbons (Fsp3) is 0.308. The van der Waals surface area contributed by atoms with Gasteiger partial charge >= 0.3 is 0 Å². The molecule has 0 saturated heterocycles. The zero-order valence-corrected chi connectivity index (χ0v) is 9.87. The third-order valence-corrected chi connectivity index (χ3v) is 2.54. The molecule has 16 heavy (non-hydrogen) atoms. The summed E-state index contributed by atoms with van der Waals surface area (Å²) in [5.74, 6) is 1.93. The van der Waals surface area contributed by atoms with Crippen LogP contribution in [0.2, 0.25) is 0 Å². The molecule has 3 heteroatoms. The highest BCUT2D eigenvalue weighted by Crippen LogP contribution is 2.15. The van der Waals surface area contributed by atoms with E-state index in [1.54, 1.807) is 0 Å². The summed E-state index contributed by atoms with van der Waals surface area (Å²) in [5, 5.41) is 3.32. The molecule has 0 aliphatic carbocycles. The predicted octanol–water partition coefficient (Wildman–Crippen LogP) is 3.21. The summed E-state index contributed by atoms with van der Waals surface area (Å²) in [6, 6.07) is 6.09. The number of aromatic nitrogens is 1. The van der Waals surface area contributed by atoms with Crippen molar-refractivity contribution in [3.05, 3.63) is 47.2 Å². The fourth-order valence-corrected chi connectivity index (χ4v) is 1.63. The number of furan rings is 1. The van der Waals surface area contributed by atoms with Crippen molar-refractivity contribution in [2.75, 3.05) is 5.32 Å². The Labute approximate surface area is 95.5 Å². The molecule has 0 spiro atoms. The summed E-state index contributed by atoms with van der Waals surface area (Å²) in [5.41, 5.74) is 3.25. The van der Waals surface area contributed by atoms with E-state index in [0.717, 1.165) is 29.4 Å². The summed E-state index contributed by atoms with van der Waals surface area (Å²) < 4.78 is 5.47. The molecule has 2 aromatic rings. The molecule has 2 rings (SSSR count). The maximum Gasteiger partial charge on any atom is 0.106 e. The third-order valence-electron chi connectivity index (χ3n) is 2.54. The van der Waals surface area contributed by atoms with E-state index in [1.807, 2.05) is 39.1 Å². The molecule has 0 unspecified atom stereocenters. The maximum absolute atomic E-state index is 5.47. The number of nitrogens with one attached hydrogen (secondary N) is 1. The average Bonchev–Trinajstić information content (AvgIpc) is 2.57. The van der Waals surface area contributed by atoms with Crippen molar-refractivity contribution in [1.82, 2.24) is 4.98 Å². The first-order chi connectivity index (χ1) is 7.65. The number of hydrogen-bond donors (Lipinski definition) is 1. The zero-order valence-electron chi connectivity index (χ0n) is 9.87. The highest BCUT2D eigenvalue weighted by molar-refractivity contribution is 5.42. The number of anilines is 1. The van der Waals surface area contributed by atoms with Crippen LogP contribution in [-0.2, 0) is 6.54 Å². The second-order valence-corrected chi connectivity index (χ2v) is 3.98. The summed E-state index contributed by atoms with van der Waals surface area (Å²) in [6.45, 7) is 6.70. The van der Waals surface area contributed by atoms with Crippen LogP contribution < -0.4 is 5.32 Å². The van der Waals surface area contributed by atoms with Crippen LogP contribution >= 0.6 is 0 Å². The standard InChI is InChI=1S/C13H16N2O/c1-9-4-5-13(8-14-9)15-7-12-6-10(2)16-11(12)3/h4-6,8,15H,7H2,1-3H3. The first kappa shape index (κ1) is 10.7. The van der Waals surface area contributed by atoms with Crippen LogP contribution in [0.1, 0.15) is 22.8 Å². The Hall–Kier alpha value is -1.77. The van der Waals surface area contributed by atoms with Gasteiger partial charge in [-0.15, -0.1) is 0 Å². The van der Waals surface area contributed by atoms with Crippen LogP contribution in [0.3, 0.4) is 0 Å². The van der Waals surface area contributed by atoms with E-state index in [1.165, 1.54) is 5.56 Å². The van der Waals surface area contributed by atoms with Crippen LogP contribution in [0.4, 0.5) is 5.69 Å². The lowest BCUT2D eigenvalue weighted by Crippen LogP contribution is -1.99. The van der Waals surface area contributed by atoms with Crippen molar-refractivity contribution >= 4 is 5.69 Å². The van der Waals surface area contributed by atoms with Crippen LogP contribution in [0.5, 0.6) is 0 Å². The highest BCUT2D eigenvalue weighted by Gasteiger charge is 2.03. The van der Waals surface area contributed by atoms with E-state index in [2.05, 4.69) is 16.4 Å². The average molecular weight is 216 g/mol. The molecular weight excluding hydrogens is 200 g/mol. The Balaban J connectivity index is 2.02. The summed E-state index contributed by atoms with van der Waals surface area (Å²) in [4.78, 5) is 4.23. The van der Waals surface area contributed by atoms with Gasteiger partial charge in [0.25, 0.3) is 0 Å². The Morgan fingerprint density at radius 2 is 2.06 bits per heavy atom. The third kappa shape index (κ3) is 2.42. The lowest BCUT2D eigenvalue weighted by Gasteiger charge is -2.04. The quantitative estimate of drug-likeness (QED) is 0.856. The first-order valence-corrected chi connectivity index (χ1v) is 5.37. The first-order valence-electron chi connectivity index (χ1n) is 5.37. The van der Waals surface area contributed by atoms with Crippen molar-refractivity contribution < 1.29 is 4.42 Å². The van der Waals surface area contributed by atoms with Gasteiger partial charge in [0.2, 0.25) is 0 Å². The Bertz CT molecular complexity index is 471. The van der Waals surface area contributed by atoms with Gasteiger partial charge in [0, 0.05) is 17.8 Å². The smallest absolute Gasteiger partial charge is 0.106 e. The van der Waals surface area contributed by atoms with Crippen molar-refractivity contribution in [2.45, 2.75) is 27.3 Å². The van der Waals surface area contributed by atoms with Gasteiger partial charge in [-0.2, -0.15) is 0 Å². The number of pyridine rings is 1. The molecule has 0 saturated carbocycles. The van der Waals surface area contributed by atoms with Gasteiger partial charge in [0.1, 0.15) is 11.5 Å². The molecule has 2 aromatic heterocycles. The lowest BCUT2D eigenvalue weighted by atomic mass is 10.2. The van der Waals surface area contributed by atoms with Gasteiger partial charge in [-0.3, -0.25) is 4.98 Å². The summed E-state index contributed by atoms with van der Waals surface area (Å²) in [7, 11) is 0. The van der Waals surface area contributed by atoms with Gasteiger partial charge < -0.3 is 9.73 Å². The van der Waals surface area contributed by atoms with Gasteiger partial charge in [-0.25, -0.2) is 0 Å². The molecule has 0 bridgehead atoms. The second kappa shape index (κ2) is 4.39. The SMILES string of the molecule is Cc1ccc(NCc2cc(C)oc2C)cn1. The van der Waals surface area contributed by atoms with E-state index in [-0.39, 0.29) is 0 Å². The van der Waals surface area contributed by atoms with E-state index in [4.69, 9.17) is 4.42 Å². The molecule has 0 aromatic carbocycles. The number of nitrogens with zero attached hydrogens (tertiary/aromatic N) is 1. The molecule has 0 aliphatic rings. The minimum absolute atomic E-state index is 0.772. The van der Waals surface area contributed by atoms with Crippen molar-refractivity contribution in [3.8, 4) is 0 Å². The summed E-state index contributed by atoms with van der Waals surface area (Å²) in [6.07, 6.45) is 1.84. The Kier molecular flexibility index (Phi) is 2.95. The van der Waals surface area contributed by atoms with Crippen molar-refractivity contribution in [2.24, 2.45) is 0 Å². The van der Waals surface area contributed by atoms with Crippen LogP contribution in [0.15, 0.2) is 28.8 Å². The van der Waals surface area contributed by atoms with E-state index >= 15 is 0 Å². The number of hydrogen-bond acceptors (Lipinski definition) is 3. The summed E-state index contributed by atoms with van der Waals surface area (Å²) >= 11 is 0. The highest BCUT2D eigenvalue weighted by atomic mass is 16.3. The zero-order chi connectivity index (χ0) is 11.5. The molecule has 3 nitrogen and oxygen atoms in total. The minimum atomic E-state index is 0.772. The molecule has 0 fully saturated rings. The lowest BCUT2D eigenvalue weighted by molar-refractivity contribution is 0.501. The Morgan fingerprint density at radius 1 is 1.25 bits per heavy atom. The molecule has 0 radical (unpaired) electrons. The van der Waals surface area contributed by atoms with Gasteiger partial charge in [-0.05, 0) is 39.0 Å². The van der Waals surface area contributed by atoms with Gasteiger partial charge in [0.15, 0.2) is 0 Å². The molecular formula is C13H16N2O. The molecule has 1 N–H and O–H groups in total. The number of rotatable bonds is 3. The van der Waals surface area contributed by atoms with E-state index in [9.17, 15) is 0 Å². The van der Waals surface area contributed by atoms with Crippen molar-refractivity contribution in [1.29, 1.82) is 0 Å². The number of aryl methyl sites for hydroxylation is 3. The molecule has 84 valence electrons. The predicted molar refractivity (Wildman–Crippen MR) is 64.5 cm³/mol. The molecule has 0 aliphatic heterocycles. The maximum atomic E-state index is 5.47. The van der Waals surface area contributed by atoms with Crippen LogP contribution in [-0.4, -0.2) is 4.98 Å². The monoisotopic (exact) mass is 216 g/mol. The van der Waals surface area contributed by atoms with Gasteiger partial charge in [-0.1, -0.05) is 0 Å². The topological polar surface area (TPSA) is 38.1 Å². The minimum Gasteiger partial charge on any atom is -0.466 e. The van der Waals surface area contributed by atoms with Crippen molar-refractivity contribution in [3.63, 3.8) is 0 Å². The van der Waals surface area contributed by atoms with Crippen LogP contribution in [0.25, 0.3) is 0 Å². The van der Waals surface area contributed by atoms with Gasteiger partial charge in [0.05, 0.1) is 11.9 Å².